The molecule has 0 radical (unpaired) electrons. The third kappa shape index (κ3) is 8.89. The summed E-state index contributed by atoms with van der Waals surface area (Å²) in [6.07, 6.45) is 0. The minimum absolute atomic E-state index is 0. The zero-order valence-corrected chi connectivity index (χ0v) is 23.5. The number of aryl methyl sites for hydroxylation is 1. The second-order valence-electron chi connectivity index (χ2n) is 9.19. The van der Waals surface area contributed by atoms with Gasteiger partial charge in [0.15, 0.2) is 0 Å². The lowest BCUT2D eigenvalue weighted by Crippen LogP contribution is -2.48. The number of benzene rings is 2. The first-order chi connectivity index (χ1) is 16.7. The van der Waals surface area contributed by atoms with Crippen LogP contribution in [0.3, 0.4) is 0 Å². The van der Waals surface area contributed by atoms with Crippen LogP contribution in [0.15, 0.2) is 42.5 Å². The molecule has 1 aliphatic heterocycles. The summed E-state index contributed by atoms with van der Waals surface area (Å²) < 4.78 is 0. The van der Waals surface area contributed by atoms with E-state index in [4.69, 9.17) is 5.73 Å². The predicted molar refractivity (Wildman–Crippen MR) is 151 cm³/mol. The van der Waals surface area contributed by atoms with E-state index in [0.717, 1.165) is 5.56 Å². The van der Waals surface area contributed by atoms with Crippen molar-refractivity contribution in [1.82, 2.24) is 20.7 Å². The summed E-state index contributed by atoms with van der Waals surface area (Å²) >= 11 is 0. The van der Waals surface area contributed by atoms with E-state index < -0.39 is 5.91 Å². The first kappa shape index (κ1) is 32.2. The SMILES string of the molecule is Cc1ccc(C(N)=O)cc1N(CC(=O)NCCNC(C)C)CC(=O)N(C)N1Cc2ccccc2C1.Cl.Cl. The van der Waals surface area contributed by atoms with Crippen molar-refractivity contribution in [2.75, 3.05) is 38.1 Å². The van der Waals surface area contributed by atoms with Crippen LogP contribution in [-0.4, -0.2) is 67.0 Å². The lowest BCUT2D eigenvalue weighted by Gasteiger charge is -2.32. The van der Waals surface area contributed by atoms with Gasteiger partial charge in [0.1, 0.15) is 0 Å². The molecule has 3 rings (SSSR count). The molecule has 2 aromatic carbocycles. The summed E-state index contributed by atoms with van der Waals surface area (Å²) in [7, 11) is 1.75. The fourth-order valence-corrected chi connectivity index (χ4v) is 4.07. The number of carbonyl (C=O) groups excluding carboxylic acids is 3. The maximum atomic E-state index is 13.3. The van der Waals surface area contributed by atoms with Crippen LogP contribution in [0, 0.1) is 6.92 Å². The van der Waals surface area contributed by atoms with Crippen LogP contribution in [0.5, 0.6) is 0 Å². The number of halogens is 2. The zero-order chi connectivity index (χ0) is 25.5. The van der Waals surface area contributed by atoms with Gasteiger partial charge in [-0.15, -0.1) is 24.8 Å². The molecule has 3 amide bonds. The molecule has 9 nitrogen and oxygen atoms in total. The molecule has 0 aliphatic carbocycles. The molecule has 0 aromatic heterocycles. The Kier molecular flexibility index (Phi) is 12.9. The molecule has 4 N–H and O–H groups in total. The normalized spacial score (nSPS) is 12.2. The van der Waals surface area contributed by atoms with Crippen LogP contribution in [0.2, 0.25) is 0 Å². The van der Waals surface area contributed by atoms with Gasteiger partial charge in [-0.1, -0.05) is 44.2 Å². The van der Waals surface area contributed by atoms with Crippen molar-refractivity contribution in [2.24, 2.45) is 5.73 Å². The fraction of sp³-hybridized carbons (Fsp3) is 0.423. The first-order valence-corrected chi connectivity index (χ1v) is 11.9. The van der Waals surface area contributed by atoms with E-state index in [1.165, 1.54) is 11.1 Å². The van der Waals surface area contributed by atoms with Crippen molar-refractivity contribution in [3.05, 3.63) is 64.7 Å². The molecule has 0 saturated carbocycles. The molecule has 0 spiro atoms. The zero-order valence-electron chi connectivity index (χ0n) is 21.8. The Hall–Kier alpha value is -2.85. The van der Waals surface area contributed by atoms with Crippen molar-refractivity contribution in [1.29, 1.82) is 0 Å². The van der Waals surface area contributed by atoms with E-state index in [-0.39, 0.29) is 49.7 Å². The standard InChI is InChI=1S/C26H36N6O3.2ClH/c1-18(2)28-11-12-29-24(33)16-31(23-13-20(26(27)35)10-9-19(23)3)17-25(34)30(4)32-14-21-7-5-6-8-22(21)15-32;;/h5-10,13,18,28H,11-12,14-17H2,1-4H3,(H2,27,35)(H,29,33);2*1H. The molecule has 11 heteroatoms. The number of nitrogens with zero attached hydrogens (tertiary/aromatic N) is 3. The average Bonchev–Trinajstić information content (AvgIpc) is 3.25. The van der Waals surface area contributed by atoms with E-state index >= 15 is 0 Å². The van der Waals surface area contributed by atoms with E-state index in [1.54, 1.807) is 35.2 Å². The van der Waals surface area contributed by atoms with Gasteiger partial charge >= 0.3 is 0 Å². The van der Waals surface area contributed by atoms with E-state index in [9.17, 15) is 14.4 Å². The predicted octanol–water partition coefficient (Wildman–Crippen LogP) is 2.25. The van der Waals surface area contributed by atoms with Crippen molar-refractivity contribution >= 4 is 48.2 Å². The fourth-order valence-electron chi connectivity index (χ4n) is 4.07. The molecular formula is C26H38Cl2N6O3. The van der Waals surface area contributed by atoms with E-state index in [0.29, 0.717) is 43.5 Å². The van der Waals surface area contributed by atoms with Crippen molar-refractivity contribution in [3.63, 3.8) is 0 Å². The van der Waals surface area contributed by atoms with Crippen molar-refractivity contribution < 1.29 is 14.4 Å². The van der Waals surface area contributed by atoms with Gasteiger partial charge in [0.05, 0.1) is 13.1 Å². The summed E-state index contributed by atoms with van der Waals surface area (Å²) in [5.41, 5.74) is 9.68. The van der Waals surface area contributed by atoms with Gasteiger partial charge in [0, 0.05) is 50.5 Å². The minimum Gasteiger partial charge on any atom is -0.366 e. The molecule has 0 fully saturated rings. The third-order valence-corrected chi connectivity index (χ3v) is 6.10. The lowest BCUT2D eigenvalue weighted by atomic mass is 10.1. The number of likely N-dealkylation sites (N-methyl/N-ethyl adjacent to an activating group) is 1. The number of hydrogen-bond donors (Lipinski definition) is 3. The molecule has 204 valence electrons. The molecular weight excluding hydrogens is 515 g/mol. The highest BCUT2D eigenvalue weighted by Gasteiger charge is 2.27. The monoisotopic (exact) mass is 552 g/mol. The Morgan fingerprint density at radius 1 is 1.00 bits per heavy atom. The highest BCUT2D eigenvalue weighted by Crippen LogP contribution is 2.25. The number of carbonyl (C=O) groups is 3. The number of fused-ring (bicyclic) bond motifs is 1. The van der Waals surface area contributed by atoms with Crippen LogP contribution >= 0.6 is 24.8 Å². The van der Waals surface area contributed by atoms with Crippen LogP contribution < -0.4 is 21.3 Å². The molecule has 0 unspecified atom stereocenters. The number of rotatable bonds is 11. The van der Waals surface area contributed by atoms with Crippen molar-refractivity contribution in [3.8, 4) is 0 Å². The summed E-state index contributed by atoms with van der Waals surface area (Å²) in [5.74, 6) is -0.923. The highest BCUT2D eigenvalue weighted by atomic mass is 35.5. The number of nitrogens with two attached hydrogens (primary N) is 1. The smallest absolute Gasteiger partial charge is 0.256 e. The Morgan fingerprint density at radius 2 is 1.62 bits per heavy atom. The van der Waals surface area contributed by atoms with Crippen LogP contribution in [0.25, 0.3) is 0 Å². The lowest BCUT2D eigenvalue weighted by molar-refractivity contribution is -0.145. The maximum Gasteiger partial charge on any atom is 0.256 e. The molecule has 0 atom stereocenters. The van der Waals surface area contributed by atoms with Gasteiger partial charge in [-0.2, -0.15) is 0 Å². The number of nitrogens with one attached hydrogen (secondary N) is 2. The largest absolute Gasteiger partial charge is 0.366 e. The Balaban J connectivity index is 0.00000342. The van der Waals surface area contributed by atoms with Crippen molar-refractivity contribution in [2.45, 2.75) is 39.9 Å². The highest BCUT2D eigenvalue weighted by molar-refractivity contribution is 5.95. The van der Waals surface area contributed by atoms with E-state index in [1.807, 2.05) is 37.9 Å². The Labute approximate surface area is 231 Å². The quantitative estimate of drug-likeness (QED) is 0.369. The molecule has 37 heavy (non-hydrogen) atoms. The number of hydrogen-bond acceptors (Lipinski definition) is 6. The van der Waals surface area contributed by atoms with Gasteiger partial charge in [-0.3, -0.25) is 19.4 Å². The molecule has 1 heterocycles. The topological polar surface area (TPSA) is 111 Å². The Bertz CT molecular complexity index is 1060. The molecule has 0 bridgehead atoms. The second-order valence-corrected chi connectivity index (χ2v) is 9.19. The first-order valence-electron chi connectivity index (χ1n) is 11.9. The van der Waals surface area contributed by atoms with Gasteiger partial charge < -0.3 is 21.3 Å². The summed E-state index contributed by atoms with van der Waals surface area (Å²) in [4.78, 5) is 39.6. The van der Waals surface area contributed by atoms with Gasteiger partial charge in [0.25, 0.3) is 5.91 Å². The number of hydrazine groups is 1. The molecule has 0 saturated heterocycles. The van der Waals surface area contributed by atoms with Crippen LogP contribution in [0.1, 0.15) is 40.9 Å². The molecule has 2 aromatic rings. The van der Waals surface area contributed by atoms with Gasteiger partial charge in [-0.25, -0.2) is 5.01 Å². The average molecular weight is 554 g/mol. The number of amides is 3. The minimum atomic E-state index is -0.561. The summed E-state index contributed by atoms with van der Waals surface area (Å²) in [5, 5.41) is 9.75. The third-order valence-electron chi connectivity index (χ3n) is 6.10. The van der Waals surface area contributed by atoms with Crippen LogP contribution in [-0.2, 0) is 22.7 Å². The second kappa shape index (κ2) is 14.8. The maximum absolute atomic E-state index is 13.3. The van der Waals surface area contributed by atoms with Gasteiger partial charge in [-0.05, 0) is 35.7 Å². The Morgan fingerprint density at radius 3 is 2.19 bits per heavy atom. The van der Waals surface area contributed by atoms with Gasteiger partial charge in [0.2, 0.25) is 11.8 Å². The van der Waals surface area contributed by atoms with E-state index in [2.05, 4.69) is 22.8 Å². The van der Waals surface area contributed by atoms with Crippen LogP contribution in [0.4, 0.5) is 5.69 Å². The number of anilines is 1. The summed E-state index contributed by atoms with van der Waals surface area (Å²) in [6.45, 7) is 8.34. The number of primary amides is 1. The molecule has 1 aliphatic rings. The summed E-state index contributed by atoms with van der Waals surface area (Å²) in [6, 6.07) is 13.5.